The average molecular weight is 228 g/mol. The Morgan fingerprint density at radius 1 is 1.38 bits per heavy atom. The fraction of sp³-hybridized carbons (Fsp3) is 1.00. The highest BCUT2D eigenvalue weighted by Crippen LogP contribution is 2.06. The van der Waals surface area contributed by atoms with E-state index in [0.29, 0.717) is 12.1 Å². The molecule has 3 nitrogen and oxygen atoms in total. The van der Waals surface area contributed by atoms with E-state index in [1.165, 1.54) is 6.42 Å². The molecule has 0 bridgehead atoms. The van der Waals surface area contributed by atoms with E-state index < -0.39 is 0 Å². The monoisotopic (exact) mass is 228 g/mol. The lowest BCUT2D eigenvalue weighted by molar-refractivity contribution is 0.000163. The molecule has 96 valence electrons. The summed E-state index contributed by atoms with van der Waals surface area (Å²) < 4.78 is 5.43. The van der Waals surface area contributed by atoms with Crippen LogP contribution in [0.1, 0.15) is 34.1 Å². The predicted molar refractivity (Wildman–Crippen MR) is 68.8 cm³/mol. The Hall–Kier alpha value is -0.120. The van der Waals surface area contributed by atoms with Crippen LogP contribution in [0.4, 0.5) is 0 Å². The first-order valence-electron chi connectivity index (χ1n) is 6.64. The second-order valence-corrected chi connectivity index (χ2v) is 5.44. The molecular formula is C13H28N2O. The van der Waals surface area contributed by atoms with Gasteiger partial charge in [-0.15, -0.1) is 0 Å². The van der Waals surface area contributed by atoms with Gasteiger partial charge in [-0.3, -0.25) is 4.90 Å². The Labute approximate surface area is 101 Å². The van der Waals surface area contributed by atoms with E-state index in [-0.39, 0.29) is 0 Å². The molecule has 0 aliphatic carbocycles. The highest BCUT2D eigenvalue weighted by Gasteiger charge is 2.17. The molecular weight excluding hydrogens is 200 g/mol. The molecule has 0 radical (unpaired) electrons. The number of hydrogen-bond acceptors (Lipinski definition) is 3. The van der Waals surface area contributed by atoms with Crippen molar-refractivity contribution in [2.24, 2.45) is 5.92 Å². The zero-order valence-electron chi connectivity index (χ0n) is 11.3. The van der Waals surface area contributed by atoms with Crippen molar-refractivity contribution in [2.75, 3.05) is 32.8 Å². The van der Waals surface area contributed by atoms with Gasteiger partial charge in [0, 0.05) is 31.7 Å². The van der Waals surface area contributed by atoms with Crippen LogP contribution >= 0.6 is 0 Å². The van der Waals surface area contributed by atoms with Gasteiger partial charge in [0.2, 0.25) is 0 Å². The topological polar surface area (TPSA) is 24.5 Å². The van der Waals surface area contributed by atoms with Crippen molar-refractivity contribution in [3.8, 4) is 0 Å². The second kappa shape index (κ2) is 7.25. The minimum atomic E-state index is 0.580. The van der Waals surface area contributed by atoms with Crippen LogP contribution in [0.25, 0.3) is 0 Å². The first-order chi connectivity index (χ1) is 7.59. The standard InChI is InChI=1S/C13H28N2O/c1-11(2)9-12(3)14-5-6-15-7-8-16-10-13(15)4/h11-14H,5-10H2,1-4H3. The van der Waals surface area contributed by atoms with Crippen LogP contribution in [0.15, 0.2) is 0 Å². The Morgan fingerprint density at radius 3 is 2.75 bits per heavy atom. The van der Waals surface area contributed by atoms with Crippen LogP contribution in [-0.4, -0.2) is 49.8 Å². The quantitative estimate of drug-likeness (QED) is 0.749. The summed E-state index contributed by atoms with van der Waals surface area (Å²) in [5.74, 6) is 0.782. The average Bonchev–Trinajstić information content (AvgIpc) is 2.19. The van der Waals surface area contributed by atoms with Crippen LogP contribution < -0.4 is 5.32 Å². The lowest BCUT2D eigenvalue weighted by Crippen LogP contribution is -2.47. The van der Waals surface area contributed by atoms with Gasteiger partial charge in [-0.2, -0.15) is 0 Å². The van der Waals surface area contributed by atoms with Crippen LogP contribution in [0.5, 0.6) is 0 Å². The molecule has 1 rings (SSSR count). The molecule has 2 atom stereocenters. The summed E-state index contributed by atoms with van der Waals surface area (Å²) in [4.78, 5) is 2.51. The highest BCUT2D eigenvalue weighted by atomic mass is 16.5. The summed E-state index contributed by atoms with van der Waals surface area (Å²) in [5.41, 5.74) is 0. The number of nitrogens with zero attached hydrogens (tertiary/aromatic N) is 1. The fourth-order valence-corrected chi connectivity index (χ4v) is 2.34. The van der Waals surface area contributed by atoms with E-state index in [4.69, 9.17) is 4.74 Å². The number of morpholine rings is 1. The van der Waals surface area contributed by atoms with Crippen LogP contribution in [-0.2, 0) is 4.74 Å². The lowest BCUT2D eigenvalue weighted by atomic mass is 10.1. The zero-order valence-corrected chi connectivity index (χ0v) is 11.3. The Kier molecular flexibility index (Phi) is 6.32. The van der Waals surface area contributed by atoms with Crippen molar-refractivity contribution in [3.63, 3.8) is 0 Å². The van der Waals surface area contributed by atoms with Gasteiger partial charge >= 0.3 is 0 Å². The van der Waals surface area contributed by atoms with E-state index in [1.54, 1.807) is 0 Å². The van der Waals surface area contributed by atoms with Crippen LogP contribution in [0.3, 0.4) is 0 Å². The van der Waals surface area contributed by atoms with Gasteiger partial charge in [0.1, 0.15) is 0 Å². The molecule has 0 aromatic rings. The van der Waals surface area contributed by atoms with Gasteiger partial charge in [-0.05, 0) is 26.2 Å². The van der Waals surface area contributed by atoms with Gasteiger partial charge in [-0.25, -0.2) is 0 Å². The first kappa shape index (κ1) is 13.9. The third-order valence-electron chi connectivity index (χ3n) is 3.22. The Bertz CT molecular complexity index is 185. The van der Waals surface area contributed by atoms with E-state index in [9.17, 15) is 0 Å². The lowest BCUT2D eigenvalue weighted by Gasteiger charge is -2.33. The molecule has 3 heteroatoms. The number of rotatable bonds is 6. The van der Waals surface area contributed by atoms with Gasteiger partial charge < -0.3 is 10.1 Å². The largest absolute Gasteiger partial charge is 0.379 e. The third-order valence-corrected chi connectivity index (χ3v) is 3.22. The SMILES string of the molecule is CC(C)CC(C)NCCN1CCOCC1C. The molecule has 1 fully saturated rings. The van der Waals surface area contributed by atoms with E-state index in [0.717, 1.165) is 38.8 Å². The summed E-state index contributed by atoms with van der Waals surface area (Å²) >= 11 is 0. The first-order valence-corrected chi connectivity index (χ1v) is 6.64. The molecule has 0 amide bonds. The molecule has 1 aliphatic rings. The summed E-state index contributed by atoms with van der Waals surface area (Å²) in [6.07, 6.45) is 1.26. The molecule has 2 unspecified atom stereocenters. The van der Waals surface area contributed by atoms with Gasteiger partial charge in [0.05, 0.1) is 13.2 Å². The van der Waals surface area contributed by atoms with Crippen LogP contribution in [0.2, 0.25) is 0 Å². The Morgan fingerprint density at radius 2 is 2.12 bits per heavy atom. The van der Waals surface area contributed by atoms with E-state index in [1.807, 2.05) is 0 Å². The zero-order chi connectivity index (χ0) is 12.0. The summed E-state index contributed by atoms with van der Waals surface area (Å²) in [7, 11) is 0. The normalized spacial score (nSPS) is 24.9. The molecule has 1 saturated heterocycles. The minimum Gasteiger partial charge on any atom is -0.379 e. The predicted octanol–water partition coefficient (Wildman–Crippen LogP) is 1.73. The highest BCUT2D eigenvalue weighted by molar-refractivity contribution is 4.72. The minimum absolute atomic E-state index is 0.580. The maximum atomic E-state index is 5.43. The molecule has 0 spiro atoms. The molecule has 0 saturated carbocycles. The Balaban J connectivity index is 2.09. The second-order valence-electron chi connectivity index (χ2n) is 5.44. The van der Waals surface area contributed by atoms with Crippen LogP contribution in [0, 0.1) is 5.92 Å². The van der Waals surface area contributed by atoms with E-state index in [2.05, 4.69) is 37.9 Å². The number of ether oxygens (including phenoxy) is 1. The van der Waals surface area contributed by atoms with Crippen molar-refractivity contribution >= 4 is 0 Å². The summed E-state index contributed by atoms with van der Waals surface area (Å²) in [6, 6.07) is 1.22. The summed E-state index contributed by atoms with van der Waals surface area (Å²) in [6.45, 7) is 14.2. The van der Waals surface area contributed by atoms with Crippen molar-refractivity contribution in [1.29, 1.82) is 0 Å². The molecule has 0 aromatic carbocycles. The molecule has 16 heavy (non-hydrogen) atoms. The van der Waals surface area contributed by atoms with Crippen molar-refractivity contribution in [2.45, 2.75) is 46.2 Å². The maximum absolute atomic E-state index is 5.43. The van der Waals surface area contributed by atoms with Crippen molar-refractivity contribution in [3.05, 3.63) is 0 Å². The molecule has 1 heterocycles. The molecule has 0 aromatic heterocycles. The van der Waals surface area contributed by atoms with Crippen molar-refractivity contribution in [1.82, 2.24) is 10.2 Å². The maximum Gasteiger partial charge on any atom is 0.0619 e. The fourth-order valence-electron chi connectivity index (χ4n) is 2.34. The van der Waals surface area contributed by atoms with E-state index >= 15 is 0 Å². The molecule has 1 N–H and O–H groups in total. The van der Waals surface area contributed by atoms with Gasteiger partial charge in [0.15, 0.2) is 0 Å². The number of nitrogens with one attached hydrogen (secondary N) is 1. The smallest absolute Gasteiger partial charge is 0.0619 e. The third kappa shape index (κ3) is 5.28. The van der Waals surface area contributed by atoms with Crippen molar-refractivity contribution < 1.29 is 4.74 Å². The number of hydrogen-bond donors (Lipinski definition) is 1. The van der Waals surface area contributed by atoms with Gasteiger partial charge in [-0.1, -0.05) is 13.8 Å². The van der Waals surface area contributed by atoms with Gasteiger partial charge in [0.25, 0.3) is 0 Å². The molecule has 1 aliphatic heterocycles. The summed E-state index contributed by atoms with van der Waals surface area (Å²) in [5, 5.41) is 3.60.